The quantitative estimate of drug-likeness (QED) is 0.135. The Morgan fingerprint density at radius 1 is 0.805 bits per heavy atom. The van der Waals surface area contributed by atoms with Crippen molar-refractivity contribution in [3.8, 4) is 16.9 Å². The molecule has 0 atom stereocenters. The molecule has 0 unspecified atom stereocenters. The van der Waals surface area contributed by atoms with E-state index < -0.39 is 0 Å². The molecule has 4 aromatic carbocycles. The molecule has 200 valence electrons. The molecule has 0 saturated heterocycles. The van der Waals surface area contributed by atoms with Crippen molar-refractivity contribution in [1.29, 1.82) is 0 Å². The Bertz CT molecular complexity index is 2090. The summed E-state index contributed by atoms with van der Waals surface area (Å²) >= 11 is 0. The van der Waals surface area contributed by atoms with E-state index in [1.807, 2.05) is 54.2 Å². The molecule has 0 fully saturated rings. The molecule has 8 aromatic rings. The molecule has 8 rings (SSSR count). The Balaban J connectivity index is 0.000000183. The second kappa shape index (κ2) is 10.9. The van der Waals surface area contributed by atoms with Gasteiger partial charge in [0.05, 0.1) is 11.6 Å². The van der Waals surface area contributed by atoms with E-state index in [1.54, 1.807) is 0 Å². The van der Waals surface area contributed by atoms with Crippen molar-refractivity contribution in [2.75, 3.05) is 0 Å². The third-order valence-electron chi connectivity index (χ3n) is 7.45. The van der Waals surface area contributed by atoms with Gasteiger partial charge in [0, 0.05) is 34.9 Å². The predicted octanol–water partition coefficient (Wildman–Crippen LogP) is 7.95. The molecule has 4 nitrogen and oxygen atoms in total. The summed E-state index contributed by atoms with van der Waals surface area (Å²) in [6.45, 7) is 6.35. The second-order valence-electron chi connectivity index (χ2n) is 10.4. The van der Waals surface area contributed by atoms with E-state index >= 15 is 0 Å². The van der Waals surface area contributed by atoms with Crippen LogP contribution in [-0.4, -0.2) is 14.0 Å². The SMILES string of the molecule is CC(C)[n+]1[c-]n(-c2[c-]cc3c4cccc5c6ccccc6n(c3c2)c54)cc1.Cc1ccc(-c2[c-]cccc2)nc1.[Ir+3]. The van der Waals surface area contributed by atoms with Crippen molar-refractivity contribution in [2.45, 2.75) is 26.8 Å². The largest absolute Gasteiger partial charge is 3.00 e. The predicted molar refractivity (Wildman–Crippen MR) is 162 cm³/mol. The number of benzene rings is 4. The van der Waals surface area contributed by atoms with E-state index in [2.05, 4.69) is 113 Å². The normalized spacial score (nSPS) is 11.3. The van der Waals surface area contributed by atoms with E-state index in [0.29, 0.717) is 6.04 Å². The number of hydrogen-bond donors (Lipinski definition) is 0. The van der Waals surface area contributed by atoms with Crippen molar-refractivity contribution in [1.82, 2.24) is 14.0 Å². The third-order valence-corrected chi connectivity index (χ3v) is 7.45. The molecular formula is C36H28IrN4+. The first-order valence-corrected chi connectivity index (χ1v) is 13.6. The van der Waals surface area contributed by atoms with Crippen LogP contribution < -0.4 is 4.57 Å². The smallest absolute Gasteiger partial charge is 0.348 e. The Morgan fingerprint density at radius 3 is 2.32 bits per heavy atom. The molecule has 4 heterocycles. The molecular weight excluding hydrogens is 681 g/mol. The molecule has 0 spiro atoms. The van der Waals surface area contributed by atoms with Gasteiger partial charge >= 0.3 is 20.1 Å². The van der Waals surface area contributed by atoms with Crippen LogP contribution in [0.4, 0.5) is 0 Å². The van der Waals surface area contributed by atoms with Gasteiger partial charge in [-0.3, -0.25) is 0 Å². The summed E-state index contributed by atoms with van der Waals surface area (Å²) in [5, 5.41) is 5.15. The Hall–Kier alpha value is -4.31. The van der Waals surface area contributed by atoms with Crippen molar-refractivity contribution in [3.05, 3.63) is 134 Å². The number of aryl methyl sites for hydroxylation is 1. The number of nitrogens with zero attached hydrogens (tertiary/aromatic N) is 4. The molecule has 0 amide bonds. The van der Waals surface area contributed by atoms with Crippen molar-refractivity contribution in [3.63, 3.8) is 0 Å². The fraction of sp³-hybridized carbons (Fsp3) is 0.111. The van der Waals surface area contributed by atoms with Crippen LogP contribution in [-0.2, 0) is 20.1 Å². The van der Waals surface area contributed by atoms with Crippen LogP contribution in [0.2, 0.25) is 0 Å². The molecule has 0 N–H and O–H groups in total. The Kier molecular flexibility index (Phi) is 7.17. The summed E-state index contributed by atoms with van der Waals surface area (Å²) in [5.41, 5.74) is 7.98. The number of imidazole rings is 1. The molecule has 5 heteroatoms. The molecule has 0 aliphatic heterocycles. The van der Waals surface area contributed by atoms with Gasteiger partial charge in [0.1, 0.15) is 0 Å². The summed E-state index contributed by atoms with van der Waals surface area (Å²) < 4.78 is 6.50. The van der Waals surface area contributed by atoms with Crippen molar-refractivity contribution in [2.24, 2.45) is 0 Å². The van der Waals surface area contributed by atoms with Crippen LogP contribution in [0.25, 0.3) is 55.0 Å². The minimum Gasteiger partial charge on any atom is -0.348 e. The molecule has 41 heavy (non-hydrogen) atoms. The maximum absolute atomic E-state index is 4.32. The van der Waals surface area contributed by atoms with Gasteiger partial charge in [-0.25, -0.2) is 0 Å². The Morgan fingerprint density at radius 2 is 1.59 bits per heavy atom. The average Bonchev–Trinajstić information content (AvgIpc) is 3.70. The van der Waals surface area contributed by atoms with Crippen LogP contribution in [0.1, 0.15) is 25.5 Å². The van der Waals surface area contributed by atoms with Crippen molar-refractivity contribution < 1.29 is 24.7 Å². The Labute approximate surface area is 253 Å². The number of hydrogen-bond acceptors (Lipinski definition) is 1. The first-order chi connectivity index (χ1) is 19.6. The molecule has 0 radical (unpaired) electrons. The molecule has 0 saturated carbocycles. The van der Waals surface area contributed by atoms with E-state index in [-0.39, 0.29) is 20.1 Å². The van der Waals surface area contributed by atoms with Gasteiger partial charge < -0.3 is 18.5 Å². The van der Waals surface area contributed by atoms with E-state index in [4.69, 9.17) is 0 Å². The van der Waals surface area contributed by atoms with Crippen molar-refractivity contribution >= 4 is 38.1 Å². The number of pyridine rings is 1. The van der Waals surface area contributed by atoms with Gasteiger partial charge in [0.25, 0.3) is 0 Å². The zero-order valence-corrected chi connectivity index (χ0v) is 25.5. The molecule has 0 aliphatic carbocycles. The fourth-order valence-electron chi connectivity index (χ4n) is 5.43. The van der Waals surface area contributed by atoms with Crippen LogP contribution >= 0.6 is 0 Å². The maximum Gasteiger partial charge on any atom is 3.00 e. The van der Waals surface area contributed by atoms with Gasteiger partial charge in [-0.15, -0.1) is 47.3 Å². The third kappa shape index (κ3) is 4.71. The maximum atomic E-state index is 4.32. The fourth-order valence-corrected chi connectivity index (χ4v) is 5.43. The number of rotatable bonds is 3. The minimum atomic E-state index is 0. The molecule has 0 aliphatic rings. The number of aromatic nitrogens is 4. The van der Waals surface area contributed by atoms with Crippen LogP contribution in [0.15, 0.2) is 110 Å². The monoisotopic (exact) mass is 709 g/mol. The first kappa shape index (κ1) is 26.9. The molecule has 4 aromatic heterocycles. The van der Waals surface area contributed by atoms with Gasteiger partial charge in [-0.05, 0) is 43.5 Å². The second-order valence-corrected chi connectivity index (χ2v) is 10.4. The first-order valence-electron chi connectivity index (χ1n) is 13.6. The van der Waals surface area contributed by atoms with E-state index in [0.717, 1.165) is 16.9 Å². The van der Waals surface area contributed by atoms with Gasteiger partial charge in [0.2, 0.25) is 6.33 Å². The van der Waals surface area contributed by atoms with E-state index in [1.165, 1.54) is 43.7 Å². The van der Waals surface area contributed by atoms with Crippen LogP contribution in [0.3, 0.4) is 0 Å². The van der Waals surface area contributed by atoms with E-state index in [9.17, 15) is 0 Å². The number of para-hydroxylation sites is 2. The summed E-state index contributed by atoms with van der Waals surface area (Å²) in [6.07, 6.45) is 9.37. The summed E-state index contributed by atoms with van der Waals surface area (Å²) in [6, 6.07) is 38.5. The standard InChI is InChI=1S/C24H18N3.C12H10N.Ir/c1-16(2)25-12-13-26(15-25)17-10-11-19-21-8-5-7-20-18-6-3-4-9-22(18)27(24(20)21)23(19)14-17;1-10-7-8-12(13-9-10)11-5-3-2-4-6-11;/h3-9,11-14,16H,1-2H3;2-5,7-9H,1H3;/q2*-1;+3. The van der Waals surface area contributed by atoms with Gasteiger partial charge in [-0.2, -0.15) is 12.1 Å². The minimum absolute atomic E-state index is 0. The topological polar surface area (TPSA) is 26.1 Å². The molecule has 0 bridgehead atoms. The van der Waals surface area contributed by atoms with Crippen LogP contribution in [0.5, 0.6) is 0 Å². The van der Waals surface area contributed by atoms with Gasteiger partial charge in [0.15, 0.2) is 0 Å². The zero-order valence-electron chi connectivity index (χ0n) is 23.1. The zero-order chi connectivity index (χ0) is 27.2. The number of fused-ring (bicyclic) bond motifs is 6. The summed E-state index contributed by atoms with van der Waals surface area (Å²) in [5.74, 6) is 0. The average molecular weight is 709 g/mol. The van der Waals surface area contributed by atoms with Gasteiger partial charge in [-0.1, -0.05) is 59.7 Å². The summed E-state index contributed by atoms with van der Waals surface area (Å²) in [4.78, 5) is 4.32. The summed E-state index contributed by atoms with van der Waals surface area (Å²) in [7, 11) is 0. The van der Waals surface area contributed by atoms with Crippen LogP contribution in [0, 0.1) is 25.4 Å².